The van der Waals surface area contributed by atoms with Crippen LogP contribution in [0.3, 0.4) is 0 Å². The zero-order chi connectivity index (χ0) is 13.5. The van der Waals surface area contributed by atoms with Gasteiger partial charge in [-0.2, -0.15) is 13.2 Å². The fraction of sp³-hybridized carbons (Fsp3) is 0.231. The van der Waals surface area contributed by atoms with Crippen LogP contribution in [0.25, 0.3) is 0 Å². The summed E-state index contributed by atoms with van der Waals surface area (Å²) in [4.78, 5) is 9.76. The summed E-state index contributed by atoms with van der Waals surface area (Å²) in [6.07, 6.45) is 5.26. The van der Waals surface area contributed by atoms with Crippen molar-refractivity contribution in [2.24, 2.45) is 4.99 Å². The first kappa shape index (κ1) is 12.0. The molecule has 0 aromatic carbocycles. The van der Waals surface area contributed by atoms with E-state index in [1.165, 1.54) is 6.20 Å². The predicted octanol–water partition coefficient (Wildman–Crippen LogP) is 2.61. The molecule has 3 nitrogen and oxygen atoms in total. The average molecular weight is 265 g/mol. The highest BCUT2D eigenvalue weighted by atomic mass is 19.4. The number of fused-ring (bicyclic) bond motifs is 1. The molecular formula is C13H10F3N3. The van der Waals surface area contributed by atoms with Crippen molar-refractivity contribution in [1.82, 2.24) is 9.88 Å². The van der Waals surface area contributed by atoms with E-state index in [2.05, 4.69) is 9.98 Å². The number of nitrogens with zero attached hydrogens (tertiary/aromatic N) is 3. The Kier molecular flexibility index (Phi) is 2.66. The summed E-state index contributed by atoms with van der Waals surface area (Å²) in [5, 5.41) is 0. The summed E-state index contributed by atoms with van der Waals surface area (Å²) in [5.74, 6) is 0.325. The number of alkyl halides is 3. The van der Waals surface area contributed by atoms with Gasteiger partial charge in [-0.1, -0.05) is 12.2 Å². The van der Waals surface area contributed by atoms with Crippen LogP contribution in [-0.4, -0.2) is 28.3 Å². The zero-order valence-electron chi connectivity index (χ0n) is 9.80. The van der Waals surface area contributed by atoms with Crippen LogP contribution in [0, 0.1) is 0 Å². The molecule has 0 bridgehead atoms. The maximum absolute atomic E-state index is 13.0. The molecule has 0 spiro atoms. The SMILES string of the molecule is FC(F)(F)c1ccncc1C1=NCC2C=CC=CN12. The van der Waals surface area contributed by atoms with Gasteiger partial charge >= 0.3 is 6.18 Å². The first-order valence-corrected chi connectivity index (χ1v) is 5.77. The summed E-state index contributed by atoms with van der Waals surface area (Å²) in [5.41, 5.74) is -0.678. The van der Waals surface area contributed by atoms with Crippen LogP contribution < -0.4 is 0 Å². The molecule has 1 aromatic rings. The molecule has 2 aliphatic rings. The number of aliphatic imine (C=N–C) groups is 1. The summed E-state index contributed by atoms with van der Waals surface area (Å²) in [7, 11) is 0. The Balaban J connectivity index is 2.04. The molecule has 1 atom stereocenters. The number of allylic oxidation sites excluding steroid dienone is 2. The van der Waals surface area contributed by atoms with Gasteiger partial charge in [-0.3, -0.25) is 9.98 Å². The van der Waals surface area contributed by atoms with Crippen molar-refractivity contribution >= 4 is 5.84 Å². The lowest BCUT2D eigenvalue weighted by Crippen LogP contribution is -2.33. The molecule has 0 amide bonds. The number of hydrogen-bond donors (Lipinski definition) is 0. The number of halogens is 3. The molecule has 0 saturated carbocycles. The maximum atomic E-state index is 13.0. The molecule has 19 heavy (non-hydrogen) atoms. The van der Waals surface area contributed by atoms with Crippen molar-refractivity contribution in [3.63, 3.8) is 0 Å². The molecule has 0 aliphatic carbocycles. The number of pyridine rings is 1. The average Bonchev–Trinajstić information content (AvgIpc) is 2.81. The second-order valence-corrected chi connectivity index (χ2v) is 4.28. The molecule has 6 heteroatoms. The monoisotopic (exact) mass is 265 g/mol. The van der Waals surface area contributed by atoms with Crippen molar-refractivity contribution in [3.05, 3.63) is 54.0 Å². The van der Waals surface area contributed by atoms with Crippen LogP contribution in [0.2, 0.25) is 0 Å². The standard InChI is InChI=1S/C13H10F3N3/c14-13(15,16)11-4-5-17-8-10(11)12-18-7-9-3-1-2-6-19(9)12/h1-6,8-9H,7H2. The van der Waals surface area contributed by atoms with Crippen LogP contribution in [0.1, 0.15) is 11.1 Å². The third-order valence-corrected chi connectivity index (χ3v) is 3.09. The highest BCUT2D eigenvalue weighted by Crippen LogP contribution is 2.33. The molecule has 98 valence electrons. The highest BCUT2D eigenvalue weighted by molar-refractivity contribution is 6.02. The Hall–Kier alpha value is -2.11. The number of amidine groups is 1. The Labute approximate surface area is 107 Å². The van der Waals surface area contributed by atoms with E-state index in [0.717, 1.165) is 12.3 Å². The lowest BCUT2D eigenvalue weighted by atomic mass is 10.1. The second kappa shape index (κ2) is 4.22. The molecule has 0 radical (unpaired) electrons. The smallest absolute Gasteiger partial charge is 0.324 e. The van der Waals surface area contributed by atoms with Crippen molar-refractivity contribution < 1.29 is 13.2 Å². The van der Waals surface area contributed by atoms with Crippen LogP contribution in [-0.2, 0) is 6.18 Å². The van der Waals surface area contributed by atoms with Crippen LogP contribution in [0.5, 0.6) is 0 Å². The van der Waals surface area contributed by atoms with Gasteiger partial charge in [0.1, 0.15) is 5.84 Å². The molecule has 0 fully saturated rings. The van der Waals surface area contributed by atoms with Crippen LogP contribution >= 0.6 is 0 Å². The molecule has 1 unspecified atom stereocenters. The lowest BCUT2D eigenvalue weighted by Gasteiger charge is -2.25. The molecule has 0 saturated heterocycles. The van der Waals surface area contributed by atoms with Gasteiger partial charge in [-0.15, -0.1) is 0 Å². The summed E-state index contributed by atoms with van der Waals surface area (Å²) in [6.45, 7) is 0.461. The van der Waals surface area contributed by atoms with Crippen LogP contribution in [0.15, 0.2) is 47.9 Å². The van der Waals surface area contributed by atoms with E-state index in [-0.39, 0.29) is 11.6 Å². The van der Waals surface area contributed by atoms with E-state index in [4.69, 9.17) is 0 Å². The Bertz CT molecular complexity index is 587. The molecule has 1 aromatic heterocycles. The number of rotatable bonds is 1. The summed E-state index contributed by atoms with van der Waals surface area (Å²) < 4.78 is 39.0. The summed E-state index contributed by atoms with van der Waals surface area (Å²) in [6, 6.07) is 0.982. The fourth-order valence-corrected chi connectivity index (χ4v) is 2.22. The Morgan fingerprint density at radius 2 is 2.11 bits per heavy atom. The van der Waals surface area contributed by atoms with Crippen LogP contribution in [0.4, 0.5) is 13.2 Å². The maximum Gasteiger partial charge on any atom is 0.417 e. The largest absolute Gasteiger partial charge is 0.417 e. The lowest BCUT2D eigenvalue weighted by molar-refractivity contribution is -0.137. The van der Waals surface area contributed by atoms with E-state index >= 15 is 0 Å². The van der Waals surface area contributed by atoms with Gasteiger partial charge in [0.2, 0.25) is 0 Å². The Morgan fingerprint density at radius 3 is 2.89 bits per heavy atom. The fourth-order valence-electron chi connectivity index (χ4n) is 2.22. The van der Waals surface area contributed by atoms with E-state index in [1.54, 1.807) is 17.2 Å². The number of hydrogen-bond acceptors (Lipinski definition) is 3. The van der Waals surface area contributed by atoms with Gasteiger partial charge in [-0.05, 0) is 12.1 Å². The van der Waals surface area contributed by atoms with E-state index in [1.807, 2.05) is 12.2 Å². The van der Waals surface area contributed by atoms with Gasteiger partial charge in [-0.25, -0.2) is 0 Å². The normalized spacial score (nSPS) is 21.5. The van der Waals surface area contributed by atoms with E-state index < -0.39 is 11.7 Å². The van der Waals surface area contributed by atoms with Crippen molar-refractivity contribution in [3.8, 4) is 0 Å². The minimum absolute atomic E-state index is 0.00119. The third-order valence-electron chi connectivity index (χ3n) is 3.09. The molecule has 0 N–H and O–H groups in total. The van der Waals surface area contributed by atoms with Gasteiger partial charge in [0.05, 0.1) is 18.2 Å². The molecule has 2 aliphatic heterocycles. The molecular weight excluding hydrogens is 255 g/mol. The first-order chi connectivity index (χ1) is 9.07. The van der Waals surface area contributed by atoms with Crippen molar-refractivity contribution in [1.29, 1.82) is 0 Å². The third kappa shape index (κ3) is 2.03. The Morgan fingerprint density at radius 1 is 1.26 bits per heavy atom. The van der Waals surface area contributed by atoms with Crippen molar-refractivity contribution in [2.45, 2.75) is 12.2 Å². The van der Waals surface area contributed by atoms with Gasteiger partial charge in [0, 0.05) is 24.2 Å². The number of aromatic nitrogens is 1. The van der Waals surface area contributed by atoms with Gasteiger partial charge in [0.25, 0.3) is 0 Å². The topological polar surface area (TPSA) is 28.5 Å². The van der Waals surface area contributed by atoms with Gasteiger partial charge in [0.15, 0.2) is 0 Å². The molecule has 3 heterocycles. The minimum Gasteiger partial charge on any atom is -0.324 e. The summed E-state index contributed by atoms with van der Waals surface area (Å²) >= 11 is 0. The predicted molar refractivity (Wildman–Crippen MR) is 64.6 cm³/mol. The second-order valence-electron chi connectivity index (χ2n) is 4.28. The van der Waals surface area contributed by atoms with E-state index in [0.29, 0.717) is 12.4 Å². The van der Waals surface area contributed by atoms with Crippen molar-refractivity contribution in [2.75, 3.05) is 6.54 Å². The molecule has 3 rings (SSSR count). The van der Waals surface area contributed by atoms with E-state index in [9.17, 15) is 13.2 Å². The highest BCUT2D eigenvalue weighted by Gasteiger charge is 2.37. The minimum atomic E-state index is -4.41. The first-order valence-electron chi connectivity index (χ1n) is 5.77. The zero-order valence-corrected chi connectivity index (χ0v) is 9.80. The van der Waals surface area contributed by atoms with Gasteiger partial charge < -0.3 is 4.90 Å². The quantitative estimate of drug-likeness (QED) is 0.781.